The Morgan fingerprint density at radius 3 is 1.83 bits per heavy atom. The number of hydrogen-bond donors (Lipinski definition) is 3. The molecule has 0 bridgehead atoms. The van der Waals surface area contributed by atoms with Crippen molar-refractivity contribution in [3.05, 3.63) is 101 Å². The van der Waals surface area contributed by atoms with Crippen LogP contribution in [-0.2, 0) is 25.2 Å². The highest BCUT2D eigenvalue weighted by atomic mass is 79.9. The van der Waals surface area contributed by atoms with Crippen molar-refractivity contribution < 1.29 is 28.2 Å². The van der Waals surface area contributed by atoms with E-state index in [2.05, 4.69) is 15.9 Å². The molecule has 10 heteroatoms. The summed E-state index contributed by atoms with van der Waals surface area (Å²) in [6.07, 6.45) is 0.529. The van der Waals surface area contributed by atoms with Crippen LogP contribution in [0.1, 0.15) is 30.4 Å². The zero-order chi connectivity index (χ0) is 26.3. The van der Waals surface area contributed by atoms with E-state index in [0.717, 1.165) is 0 Å². The van der Waals surface area contributed by atoms with Gasteiger partial charge in [-0.3, -0.25) is 4.79 Å². The molecule has 4 N–H and O–H groups in total. The second-order valence-electron chi connectivity index (χ2n) is 8.14. The molecule has 0 spiro atoms. The lowest BCUT2D eigenvalue weighted by Crippen LogP contribution is -2.56. The Kier molecular flexibility index (Phi) is 9.02. The zero-order valence-corrected chi connectivity index (χ0v) is 21.7. The molecule has 0 saturated carbocycles. The average molecular weight is 575 g/mol. The molecule has 190 valence electrons. The van der Waals surface area contributed by atoms with Gasteiger partial charge in [-0.05, 0) is 61.2 Å². The standard InChI is InChI=1S/C26H27BrN2O6S/c27-21-14-16-22(17-15-21)36(34,35)29(23(24(30)31)13-7-8-18-28)25(32)26(33,19-9-3-1-4-10-19)20-11-5-2-6-12-20/h1-6,9-12,14-17,23,33H,7-8,13,18,28H2,(H,30,31)/t23-/m0/s1. The number of halogens is 1. The van der Waals surface area contributed by atoms with E-state index in [9.17, 15) is 28.2 Å². The first-order valence-electron chi connectivity index (χ1n) is 11.2. The first-order chi connectivity index (χ1) is 17.1. The van der Waals surface area contributed by atoms with Gasteiger partial charge in [0.25, 0.3) is 15.9 Å². The van der Waals surface area contributed by atoms with Crippen molar-refractivity contribution in [2.24, 2.45) is 5.73 Å². The zero-order valence-electron chi connectivity index (χ0n) is 19.3. The van der Waals surface area contributed by atoms with E-state index < -0.39 is 33.5 Å². The molecule has 0 aromatic heterocycles. The molecule has 0 aliphatic heterocycles. The minimum Gasteiger partial charge on any atom is -0.480 e. The Morgan fingerprint density at radius 1 is 0.889 bits per heavy atom. The Bertz CT molecular complexity index is 1250. The van der Waals surface area contributed by atoms with Crippen LogP contribution in [0, 0.1) is 0 Å². The van der Waals surface area contributed by atoms with E-state index in [-0.39, 0.29) is 35.4 Å². The van der Waals surface area contributed by atoms with E-state index in [1.807, 2.05) is 0 Å². The molecule has 1 amide bonds. The Hall–Kier alpha value is -3.05. The lowest BCUT2D eigenvalue weighted by molar-refractivity contribution is -0.153. The smallest absolute Gasteiger partial charge is 0.327 e. The van der Waals surface area contributed by atoms with Gasteiger partial charge >= 0.3 is 5.97 Å². The molecule has 3 aromatic rings. The minimum atomic E-state index is -4.71. The predicted octanol–water partition coefficient (Wildman–Crippen LogP) is 3.48. The number of hydrogen-bond acceptors (Lipinski definition) is 6. The summed E-state index contributed by atoms with van der Waals surface area (Å²) in [7, 11) is -4.71. The number of nitrogens with zero attached hydrogens (tertiary/aromatic N) is 1. The molecule has 0 heterocycles. The number of amides is 1. The van der Waals surface area contributed by atoms with E-state index in [1.54, 1.807) is 36.4 Å². The molecule has 8 nitrogen and oxygen atoms in total. The fourth-order valence-corrected chi connectivity index (χ4v) is 5.75. The van der Waals surface area contributed by atoms with Crippen LogP contribution in [0.3, 0.4) is 0 Å². The fraction of sp³-hybridized carbons (Fsp3) is 0.231. The van der Waals surface area contributed by atoms with Gasteiger partial charge in [0, 0.05) is 4.47 Å². The van der Waals surface area contributed by atoms with Crippen molar-refractivity contribution in [2.75, 3.05) is 6.54 Å². The van der Waals surface area contributed by atoms with Gasteiger partial charge in [0.15, 0.2) is 5.60 Å². The van der Waals surface area contributed by atoms with Crippen molar-refractivity contribution in [1.82, 2.24) is 4.31 Å². The fourth-order valence-electron chi connectivity index (χ4n) is 3.89. The molecule has 1 atom stereocenters. The van der Waals surface area contributed by atoms with E-state index in [4.69, 9.17) is 5.73 Å². The van der Waals surface area contributed by atoms with Gasteiger partial charge in [-0.2, -0.15) is 0 Å². The van der Waals surface area contributed by atoms with Crippen molar-refractivity contribution in [1.29, 1.82) is 0 Å². The molecule has 0 unspecified atom stereocenters. The molecular weight excluding hydrogens is 548 g/mol. The number of carboxylic acid groups (broad SMARTS) is 1. The molecule has 0 fully saturated rings. The molecular formula is C26H27BrN2O6S. The van der Waals surface area contributed by atoms with Crippen LogP contribution in [0.25, 0.3) is 0 Å². The second kappa shape index (κ2) is 11.8. The molecule has 0 saturated heterocycles. The quantitative estimate of drug-likeness (QED) is 0.298. The summed E-state index contributed by atoms with van der Waals surface area (Å²) in [6.45, 7) is 0.276. The maximum absolute atomic E-state index is 14.2. The van der Waals surface area contributed by atoms with Crippen molar-refractivity contribution >= 4 is 37.8 Å². The normalized spacial score (nSPS) is 12.6. The van der Waals surface area contributed by atoms with Crippen LogP contribution in [0.15, 0.2) is 94.3 Å². The van der Waals surface area contributed by atoms with Crippen LogP contribution in [-0.4, -0.2) is 47.4 Å². The van der Waals surface area contributed by atoms with Crippen LogP contribution < -0.4 is 5.73 Å². The molecule has 0 aliphatic carbocycles. The number of unbranched alkanes of at least 4 members (excludes halogenated alkanes) is 1. The number of aliphatic carboxylic acids is 1. The summed E-state index contributed by atoms with van der Waals surface area (Å²) in [4.78, 5) is 26.3. The van der Waals surface area contributed by atoms with Crippen LogP contribution in [0.2, 0.25) is 0 Å². The number of carbonyl (C=O) groups is 2. The Labute approximate surface area is 218 Å². The van der Waals surface area contributed by atoms with Crippen LogP contribution in [0.5, 0.6) is 0 Å². The van der Waals surface area contributed by atoms with Crippen molar-refractivity contribution in [2.45, 2.75) is 35.8 Å². The molecule has 36 heavy (non-hydrogen) atoms. The number of rotatable bonds is 11. The van der Waals surface area contributed by atoms with Gasteiger partial charge < -0.3 is 15.9 Å². The van der Waals surface area contributed by atoms with E-state index in [0.29, 0.717) is 15.2 Å². The first-order valence-corrected chi connectivity index (χ1v) is 13.5. The topological polar surface area (TPSA) is 138 Å². The number of carboxylic acids is 1. The third kappa shape index (κ3) is 5.67. The van der Waals surface area contributed by atoms with Gasteiger partial charge in [-0.25, -0.2) is 17.5 Å². The van der Waals surface area contributed by atoms with Crippen molar-refractivity contribution in [3.63, 3.8) is 0 Å². The largest absolute Gasteiger partial charge is 0.480 e. The third-order valence-corrected chi connectivity index (χ3v) is 8.10. The van der Waals surface area contributed by atoms with Crippen LogP contribution >= 0.6 is 15.9 Å². The highest BCUT2D eigenvalue weighted by Crippen LogP contribution is 2.35. The number of carbonyl (C=O) groups excluding carboxylic acids is 1. The molecule has 3 aromatic carbocycles. The monoisotopic (exact) mass is 574 g/mol. The van der Waals surface area contributed by atoms with Gasteiger partial charge in [-0.1, -0.05) is 76.6 Å². The molecule has 0 radical (unpaired) electrons. The average Bonchev–Trinajstić information content (AvgIpc) is 2.88. The van der Waals surface area contributed by atoms with E-state index >= 15 is 0 Å². The second-order valence-corrected chi connectivity index (χ2v) is 10.9. The summed E-state index contributed by atoms with van der Waals surface area (Å²) in [6, 6.07) is 19.4. The van der Waals surface area contributed by atoms with Gasteiger partial charge in [0.1, 0.15) is 6.04 Å². The van der Waals surface area contributed by atoms with Crippen molar-refractivity contribution in [3.8, 4) is 0 Å². The Morgan fingerprint density at radius 2 is 1.39 bits per heavy atom. The summed E-state index contributed by atoms with van der Waals surface area (Å²) >= 11 is 3.24. The first kappa shape index (κ1) is 27.5. The van der Waals surface area contributed by atoms with Gasteiger partial charge in [0.05, 0.1) is 4.90 Å². The maximum Gasteiger partial charge on any atom is 0.327 e. The van der Waals surface area contributed by atoms with E-state index in [1.165, 1.54) is 48.5 Å². The summed E-state index contributed by atoms with van der Waals surface area (Å²) in [5.74, 6) is -2.80. The van der Waals surface area contributed by atoms with Gasteiger partial charge in [0.2, 0.25) is 0 Å². The SMILES string of the molecule is NCCCC[C@@H](C(=O)O)N(C(=O)C(O)(c1ccccc1)c1ccccc1)S(=O)(=O)c1ccc(Br)cc1. The van der Waals surface area contributed by atoms with Crippen LogP contribution in [0.4, 0.5) is 0 Å². The number of sulfonamides is 1. The number of aliphatic hydroxyl groups is 1. The third-order valence-electron chi connectivity index (χ3n) is 5.76. The highest BCUT2D eigenvalue weighted by molar-refractivity contribution is 9.10. The highest BCUT2D eigenvalue weighted by Gasteiger charge is 2.50. The van der Waals surface area contributed by atoms with Gasteiger partial charge in [-0.15, -0.1) is 0 Å². The maximum atomic E-state index is 14.2. The summed E-state index contributed by atoms with van der Waals surface area (Å²) in [5, 5.41) is 22.0. The molecule has 0 aliphatic rings. The minimum absolute atomic E-state index is 0.100. The number of nitrogens with two attached hydrogens (primary N) is 1. The number of benzene rings is 3. The summed E-state index contributed by atoms with van der Waals surface area (Å²) < 4.78 is 28.6. The lowest BCUT2D eigenvalue weighted by atomic mass is 9.85. The lowest BCUT2D eigenvalue weighted by Gasteiger charge is -2.36. The predicted molar refractivity (Wildman–Crippen MR) is 138 cm³/mol. The Balaban J connectivity index is 2.27. The molecule has 3 rings (SSSR count). The summed E-state index contributed by atoms with van der Waals surface area (Å²) in [5.41, 5.74) is 3.27.